The molecule has 0 radical (unpaired) electrons. The fraction of sp³-hybridized carbons (Fsp3) is 0.607. The molecule has 1 aromatic rings. The van der Waals surface area contributed by atoms with Gasteiger partial charge < -0.3 is 25.3 Å². The first-order valence-electron chi connectivity index (χ1n) is 12.7. The first-order chi connectivity index (χ1) is 16.8. The molecule has 1 rings (SSSR count). The van der Waals surface area contributed by atoms with Crippen LogP contribution in [0.25, 0.3) is 0 Å². The molecule has 0 fully saturated rings. The molecule has 0 spiro atoms. The molecule has 5 atom stereocenters. The molecule has 0 saturated heterocycles. The monoisotopic (exact) mass is 502 g/mol. The van der Waals surface area contributed by atoms with Gasteiger partial charge in [-0.2, -0.15) is 0 Å². The lowest BCUT2D eigenvalue weighted by molar-refractivity contribution is -0.134. The summed E-state index contributed by atoms with van der Waals surface area (Å²) in [6, 6.07) is 7.82. The Hall–Kier alpha value is -2.87. The van der Waals surface area contributed by atoms with Crippen molar-refractivity contribution in [3.05, 3.63) is 35.9 Å². The quantitative estimate of drug-likeness (QED) is 0.319. The number of aliphatic hydroxyl groups is 1. The van der Waals surface area contributed by atoms with Crippen LogP contribution in [-0.2, 0) is 30.4 Å². The van der Waals surface area contributed by atoms with Crippen LogP contribution in [0.5, 0.6) is 0 Å². The molecule has 8 heteroatoms. The Morgan fingerprint density at radius 3 is 1.94 bits per heavy atom. The largest absolute Gasteiger partial charge is 0.391 e. The standard InChI is InChI=1S/C28H42N2O6/c1-17(2)23(15-20(5)32)28(36)30-25(16-22-10-8-7-9-11-22)26(34)14-18(3)27(35)29-24(21(6)33)13-12-19(4)31/h7-11,17-18,21,23-25,33H,12-16H2,1-6H3,(H,29,35)(H,30,36)/t18-,21?,23+,24?,25+/m1/s1. The Balaban J connectivity index is 2.98. The normalized spacial score (nSPS) is 15.3. The van der Waals surface area contributed by atoms with Crippen molar-refractivity contribution in [3.63, 3.8) is 0 Å². The molecule has 36 heavy (non-hydrogen) atoms. The minimum absolute atomic E-state index is 0.0397. The lowest BCUT2D eigenvalue weighted by Crippen LogP contribution is -2.48. The van der Waals surface area contributed by atoms with Crippen LogP contribution >= 0.6 is 0 Å². The van der Waals surface area contributed by atoms with E-state index in [0.717, 1.165) is 5.56 Å². The summed E-state index contributed by atoms with van der Waals surface area (Å²) in [5, 5.41) is 15.6. The Kier molecular flexibility index (Phi) is 13.2. The van der Waals surface area contributed by atoms with Gasteiger partial charge in [-0.25, -0.2) is 0 Å². The highest BCUT2D eigenvalue weighted by molar-refractivity contribution is 5.94. The number of amides is 2. The molecule has 2 unspecified atom stereocenters. The minimum atomic E-state index is -0.853. The van der Waals surface area contributed by atoms with Crippen LogP contribution in [0.15, 0.2) is 30.3 Å². The van der Waals surface area contributed by atoms with Gasteiger partial charge in [0.2, 0.25) is 11.8 Å². The summed E-state index contributed by atoms with van der Waals surface area (Å²) in [7, 11) is 0. The molecule has 0 aliphatic heterocycles. The summed E-state index contributed by atoms with van der Waals surface area (Å²) in [5.41, 5.74) is 0.860. The highest BCUT2D eigenvalue weighted by Gasteiger charge is 2.30. The topological polar surface area (TPSA) is 130 Å². The Labute approximate surface area is 214 Å². The lowest BCUT2D eigenvalue weighted by Gasteiger charge is -2.26. The van der Waals surface area contributed by atoms with E-state index in [4.69, 9.17) is 0 Å². The highest BCUT2D eigenvalue weighted by atomic mass is 16.3. The summed E-state index contributed by atoms with van der Waals surface area (Å²) in [6.45, 7) is 9.76. The number of aliphatic hydroxyl groups excluding tert-OH is 1. The summed E-state index contributed by atoms with van der Waals surface area (Å²) in [6.07, 6.45) is -0.0721. The van der Waals surface area contributed by atoms with E-state index in [1.54, 1.807) is 13.8 Å². The molecular weight excluding hydrogens is 460 g/mol. The third-order valence-corrected chi connectivity index (χ3v) is 6.31. The van der Waals surface area contributed by atoms with E-state index in [0.29, 0.717) is 6.42 Å². The van der Waals surface area contributed by atoms with Gasteiger partial charge >= 0.3 is 0 Å². The smallest absolute Gasteiger partial charge is 0.224 e. The summed E-state index contributed by atoms with van der Waals surface area (Å²) in [5.74, 6) is -2.54. The lowest BCUT2D eigenvalue weighted by atomic mass is 9.88. The zero-order valence-corrected chi connectivity index (χ0v) is 22.4. The van der Waals surface area contributed by atoms with Crippen molar-refractivity contribution in [2.75, 3.05) is 0 Å². The number of ketones is 3. The first-order valence-corrected chi connectivity index (χ1v) is 12.7. The molecule has 200 valence electrons. The van der Waals surface area contributed by atoms with Crippen LogP contribution in [0, 0.1) is 17.8 Å². The van der Waals surface area contributed by atoms with E-state index in [1.165, 1.54) is 13.8 Å². The zero-order valence-electron chi connectivity index (χ0n) is 22.4. The van der Waals surface area contributed by atoms with Crippen molar-refractivity contribution in [2.24, 2.45) is 17.8 Å². The minimum Gasteiger partial charge on any atom is -0.391 e. The Bertz CT molecular complexity index is 897. The second kappa shape index (κ2) is 15.3. The summed E-state index contributed by atoms with van der Waals surface area (Å²) in [4.78, 5) is 62.1. The van der Waals surface area contributed by atoms with Crippen LogP contribution in [0.4, 0.5) is 0 Å². The molecule has 0 aliphatic rings. The predicted molar refractivity (Wildman–Crippen MR) is 138 cm³/mol. The van der Waals surface area contributed by atoms with Gasteiger partial charge in [0.15, 0.2) is 5.78 Å². The van der Waals surface area contributed by atoms with E-state index in [1.807, 2.05) is 44.2 Å². The van der Waals surface area contributed by atoms with Crippen molar-refractivity contribution >= 4 is 29.2 Å². The maximum atomic E-state index is 13.3. The second-order valence-corrected chi connectivity index (χ2v) is 10.2. The third kappa shape index (κ3) is 11.2. The predicted octanol–water partition coefficient (Wildman–Crippen LogP) is 2.80. The van der Waals surface area contributed by atoms with Crippen molar-refractivity contribution < 1.29 is 29.1 Å². The molecule has 3 N–H and O–H groups in total. The fourth-order valence-electron chi connectivity index (χ4n) is 3.97. The van der Waals surface area contributed by atoms with Gasteiger partial charge in [-0.15, -0.1) is 0 Å². The number of nitrogens with one attached hydrogen (secondary N) is 2. The number of Topliss-reactive ketones (excluding diaryl/α,β-unsaturated/α-hetero) is 3. The average molecular weight is 503 g/mol. The van der Waals surface area contributed by atoms with Crippen molar-refractivity contribution in [3.8, 4) is 0 Å². The molecular formula is C28H42N2O6. The van der Waals surface area contributed by atoms with Crippen molar-refractivity contribution in [1.82, 2.24) is 10.6 Å². The number of carbonyl (C=O) groups is 5. The molecule has 0 aromatic heterocycles. The van der Waals surface area contributed by atoms with Gasteiger partial charge in [-0.3, -0.25) is 14.4 Å². The Morgan fingerprint density at radius 1 is 0.833 bits per heavy atom. The van der Waals surface area contributed by atoms with Crippen LogP contribution in [0.1, 0.15) is 72.8 Å². The van der Waals surface area contributed by atoms with E-state index >= 15 is 0 Å². The van der Waals surface area contributed by atoms with Gasteiger partial charge in [-0.1, -0.05) is 51.1 Å². The van der Waals surface area contributed by atoms with Crippen LogP contribution in [0.2, 0.25) is 0 Å². The molecule has 0 saturated carbocycles. The van der Waals surface area contributed by atoms with Gasteiger partial charge in [0.1, 0.15) is 11.6 Å². The number of rotatable bonds is 16. The van der Waals surface area contributed by atoms with E-state index in [2.05, 4.69) is 10.6 Å². The van der Waals surface area contributed by atoms with Crippen LogP contribution < -0.4 is 10.6 Å². The molecule has 0 bridgehead atoms. The molecule has 0 heterocycles. The first kappa shape index (κ1) is 31.2. The highest BCUT2D eigenvalue weighted by Crippen LogP contribution is 2.18. The van der Waals surface area contributed by atoms with Gasteiger partial charge in [0.25, 0.3) is 0 Å². The average Bonchev–Trinajstić information content (AvgIpc) is 2.79. The van der Waals surface area contributed by atoms with E-state index in [-0.39, 0.29) is 54.9 Å². The van der Waals surface area contributed by atoms with Crippen LogP contribution in [-0.4, -0.2) is 52.5 Å². The molecule has 8 nitrogen and oxygen atoms in total. The van der Waals surface area contributed by atoms with Crippen LogP contribution in [0.3, 0.4) is 0 Å². The Morgan fingerprint density at radius 2 is 1.44 bits per heavy atom. The third-order valence-electron chi connectivity index (χ3n) is 6.31. The van der Waals surface area contributed by atoms with Gasteiger partial charge in [-0.05, 0) is 45.1 Å². The van der Waals surface area contributed by atoms with E-state index < -0.39 is 35.9 Å². The second-order valence-electron chi connectivity index (χ2n) is 10.2. The van der Waals surface area contributed by atoms with Crippen molar-refractivity contribution in [2.45, 2.75) is 91.8 Å². The fourth-order valence-corrected chi connectivity index (χ4v) is 3.97. The number of carbonyl (C=O) groups excluding carboxylic acids is 5. The number of benzene rings is 1. The maximum Gasteiger partial charge on any atom is 0.224 e. The SMILES string of the molecule is CC(=O)CCC(NC(=O)[C@H](C)CC(=O)[C@H](Cc1ccccc1)NC(=O)[C@@H](CC(C)=O)C(C)C)C(C)O. The molecule has 0 aliphatic carbocycles. The summed E-state index contributed by atoms with van der Waals surface area (Å²) < 4.78 is 0. The van der Waals surface area contributed by atoms with Gasteiger partial charge in [0.05, 0.1) is 18.2 Å². The maximum absolute atomic E-state index is 13.3. The molecule has 2 amide bonds. The van der Waals surface area contributed by atoms with E-state index in [9.17, 15) is 29.1 Å². The number of hydrogen-bond acceptors (Lipinski definition) is 6. The summed E-state index contributed by atoms with van der Waals surface area (Å²) >= 11 is 0. The van der Waals surface area contributed by atoms with Gasteiger partial charge in [0, 0.05) is 31.1 Å². The molecule has 1 aromatic carbocycles. The number of hydrogen-bond donors (Lipinski definition) is 3. The van der Waals surface area contributed by atoms with Crippen molar-refractivity contribution in [1.29, 1.82) is 0 Å². The zero-order chi connectivity index (χ0) is 27.4.